The molecule has 0 saturated carbocycles. The molecule has 4 heterocycles. The Morgan fingerprint density at radius 1 is 0.471 bits per heavy atom. The second kappa shape index (κ2) is 17.3. The fourth-order valence-electron chi connectivity index (χ4n) is 9.34. The zero-order chi connectivity index (χ0) is 46.6. The van der Waals surface area contributed by atoms with E-state index in [-0.39, 0.29) is 25.8 Å². The van der Waals surface area contributed by atoms with Gasteiger partial charge in [-0.1, -0.05) is 124 Å². The van der Waals surface area contributed by atoms with Gasteiger partial charge in [0, 0.05) is 11.1 Å². The number of fused-ring (bicyclic) bond motifs is 3. The molecule has 0 spiro atoms. The molecule has 11 rings (SSSR count). The van der Waals surface area contributed by atoms with E-state index in [1.807, 2.05) is 18.5 Å². The Morgan fingerprint density at radius 3 is 1.91 bits per heavy atom. The SMILES string of the molecule is CC(C)(C)c1ccnc(N2c3ccccc3[Se]c3ncc(Oc4cccc(N5CN(c6c(-c7ccccc7)cccc6-c6cccc(-c7ccccc7)c6)c6ccc(C(C)(C)C)cc65)c4)cc32)c1. The number of nitrogens with zero attached hydrogens (tertiary/aromatic N) is 5. The minimum absolute atomic E-state index is 0.0210. The van der Waals surface area contributed by atoms with Crippen molar-refractivity contribution < 1.29 is 4.74 Å². The minimum atomic E-state index is -0.0528. The maximum absolute atomic E-state index is 6.83. The quantitative estimate of drug-likeness (QED) is 0.141. The van der Waals surface area contributed by atoms with E-state index in [0.717, 1.165) is 44.6 Å². The Kier molecular flexibility index (Phi) is 11.0. The second-order valence-electron chi connectivity index (χ2n) is 19.6. The Balaban J connectivity index is 0.993. The molecule has 6 nitrogen and oxygen atoms in total. The summed E-state index contributed by atoms with van der Waals surface area (Å²) < 4.78 is 9.15. The van der Waals surface area contributed by atoms with Crippen LogP contribution in [0, 0.1) is 0 Å². The van der Waals surface area contributed by atoms with Crippen LogP contribution in [0.25, 0.3) is 33.4 Å². The molecular formula is C61H53N5OSe. The van der Waals surface area contributed by atoms with Gasteiger partial charge in [-0.3, -0.25) is 0 Å². The Hall–Kier alpha value is -7.44. The van der Waals surface area contributed by atoms with Gasteiger partial charge in [-0.2, -0.15) is 0 Å². The fraction of sp³-hybridized carbons (Fsp3) is 0.148. The number of pyridine rings is 2. The van der Waals surface area contributed by atoms with Crippen LogP contribution in [-0.2, 0) is 10.8 Å². The van der Waals surface area contributed by atoms with Crippen LogP contribution in [0.3, 0.4) is 0 Å². The number of anilines is 7. The van der Waals surface area contributed by atoms with Gasteiger partial charge in [0.05, 0.1) is 0 Å². The molecule has 0 N–H and O–H groups in total. The van der Waals surface area contributed by atoms with E-state index < -0.39 is 0 Å². The van der Waals surface area contributed by atoms with Crippen molar-refractivity contribution in [3.8, 4) is 44.9 Å². The maximum atomic E-state index is 6.83. The van der Waals surface area contributed by atoms with Crippen LogP contribution in [0.5, 0.6) is 11.5 Å². The Bertz CT molecular complexity index is 3320. The first-order chi connectivity index (χ1) is 33.0. The standard InChI is InChI=1S/C61H53N5OSe/c1-60(2,3)45-30-31-52-54(35-45)64(40-65(52)58-50(42-20-11-8-12-21-42)26-17-27-51(58)44-23-15-22-43(34-44)41-18-9-7-10-19-41)47-24-16-25-48(37-47)67-49-38-55-59(63-39-49)68-56-29-14-13-28-53(56)66(55)57-36-46(32-33-62-57)61(4,5)6/h7-39H,40H2,1-6H3. The van der Waals surface area contributed by atoms with Gasteiger partial charge in [-0.15, -0.1) is 0 Å². The molecule has 0 amide bonds. The van der Waals surface area contributed by atoms with E-state index in [0.29, 0.717) is 12.4 Å². The molecule has 334 valence electrons. The molecule has 0 aliphatic carbocycles. The van der Waals surface area contributed by atoms with Gasteiger partial charge < -0.3 is 0 Å². The number of rotatable bonds is 8. The van der Waals surface area contributed by atoms with Crippen LogP contribution in [-0.4, -0.2) is 31.6 Å². The van der Waals surface area contributed by atoms with Crippen molar-refractivity contribution >= 4 is 64.0 Å². The zero-order valence-electron chi connectivity index (χ0n) is 39.3. The Morgan fingerprint density at radius 2 is 1.13 bits per heavy atom. The molecule has 0 fully saturated rings. The summed E-state index contributed by atoms with van der Waals surface area (Å²) in [5.74, 6) is 2.28. The van der Waals surface area contributed by atoms with E-state index >= 15 is 0 Å². The molecule has 7 aromatic carbocycles. The molecule has 9 aromatic rings. The summed E-state index contributed by atoms with van der Waals surface area (Å²) in [7, 11) is 0. The monoisotopic (exact) mass is 951 g/mol. The van der Waals surface area contributed by atoms with Crippen LogP contribution in [0.1, 0.15) is 52.7 Å². The van der Waals surface area contributed by atoms with Gasteiger partial charge in [0.25, 0.3) is 0 Å². The van der Waals surface area contributed by atoms with Crippen molar-refractivity contribution in [2.24, 2.45) is 0 Å². The summed E-state index contributed by atoms with van der Waals surface area (Å²) in [6.45, 7) is 14.2. The van der Waals surface area contributed by atoms with Crippen molar-refractivity contribution in [1.82, 2.24) is 9.97 Å². The summed E-state index contributed by atoms with van der Waals surface area (Å²) in [6, 6.07) is 67.7. The molecule has 2 aromatic heterocycles. The molecule has 7 heteroatoms. The van der Waals surface area contributed by atoms with Crippen LogP contribution < -0.4 is 28.5 Å². The second-order valence-corrected chi connectivity index (χ2v) is 21.8. The normalized spacial score (nSPS) is 13.2. The number of hydrogen-bond donors (Lipinski definition) is 0. The summed E-state index contributed by atoms with van der Waals surface area (Å²) in [5.41, 5.74) is 16.1. The number of para-hydroxylation sites is 2. The molecule has 2 aliphatic heterocycles. The summed E-state index contributed by atoms with van der Waals surface area (Å²) in [6.07, 6.45) is 3.79. The molecule has 0 bridgehead atoms. The van der Waals surface area contributed by atoms with Gasteiger partial charge in [-0.05, 0) is 33.7 Å². The average molecular weight is 951 g/mol. The molecule has 0 atom stereocenters. The van der Waals surface area contributed by atoms with Crippen LogP contribution in [0.4, 0.5) is 39.9 Å². The van der Waals surface area contributed by atoms with Crippen molar-refractivity contribution in [3.63, 3.8) is 0 Å². The first kappa shape index (κ1) is 43.1. The van der Waals surface area contributed by atoms with E-state index in [1.165, 1.54) is 54.7 Å². The Labute approximate surface area is 406 Å². The van der Waals surface area contributed by atoms with Crippen molar-refractivity contribution in [2.75, 3.05) is 21.4 Å². The number of hydrogen-bond acceptors (Lipinski definition) is 6. The summed E-state index contributed by atoms with van der Waals surface area (Å²) in [5, 5.41) is 0. The molecule has 0 radical (unpaired) electrons. The van der Waals surface area contributed by atoms with Crippen LogP contribution >= 0.6 is 0 Å². The predicted molar refractivity (Wildman–Crippen MR) is 284 cm³/mol. The van der Waals surface area contributed by atoms with Crippen molar-refractivity contribution in [1.29, 1.82) is 0 Å². The molecule has 0 unspecified atom stereocenters. The van der Waals surface area contributed by atoms with Gasteiger partial charge in [-0.25, -0.2) is 0 Å². The van der Waals surface area contributed by atoms with E-state index in [9.17, 15) is 0 Å². The van der Waals surface area contributed by atoms with Crippen LogP contribution in [0.15, 0.2) is 200 Å². The predicted octanol–water partition coefficient (Wildman–Crippen LogP) is 14.6. The van der Waals surface area contributed by atoms with Gasteiger partial charge in [0.15, 0.2) is 0 Å². The first-order valence-electron chi connectivity index (χ1n) is 23.3. The molecule has 68 heavy (non-hydrogen) atoms. The van der Waals surface area contributed by atoms with E-state index in [2.05, 4.69) is 238 Å². The van der Waals surface area contributed by atoms with Crippen LogP contribution in [0.2, 0.25) is 0 Å². The van der Waals surface area contributed by atoms with Crippen molar-refractivity contribution in [3.05, 3.63) is 212 Å². The van der Waals surface area contributed by atoms with Crippen molar-refractivity contribution in [2.45, 2.75) is 52.4 Å². The third-order valence-corrected chi connectivity index (χ3v) is 15.2. The first-order valence-corrected chi connectivity index (χ1v) is 25.0. The number of benzene rings is 7. The van der Waals surface area contributed by atoms with Gasteiger partial charge >= 0.3 is 240 Å². The third-order valence-electron chi connectivity index (χ3n) is 12.9. The fourth-order valence-corrected chi connectivity index (χ4v) is 11.4. The number of aromatic nitrogens is 2. The van der Waals surface area contributed by atoms with Gasteiger partial charge in [0.2, 0.25) is 0 Å². The molecule has 2 aliphatic rings. The summed E-state index contributed by atoms with van der Waals surface area (Å²) in [4.78, 5) is 17.2. The van der Waals surface area contributed by atoms with E-state index in [1.54, 1.807) is 0 Å². The molecular weight excluding hydrogens is 898 g/mol. The average Bonchev–Trinajstić information content (AvgIpc) is 3.74. The summed E-state index contributed by atoms with van der Waals surface area (Å²) >= 11 is 0.0210. The molecule has 0 saturated heterocycles. The number of ether oxygens (including phenoxy) is 1. The van der Waals surface area contributed by atoms with E-state index in [4.69, 9.17) is 14.7 Å². The zero-order valence-corrected chi connectivity index (χ0v) is 41.0. The topological polar surface area (TPSA) is 44.7 Å². The van der Waals surface area contributed by atoms with Gasteiger partial charge in [0.1, 0.15) is 0 Å². The third kappa shape index (κ3) is 8.23.